The quantitative estimate of drug-likeness (QED) is 0.708. The fourth-order valence-corrected chi connectivity index (χ4v) is 3.07. The molecule has 3 amide bonds. The van der Waals surface area contributed by atoms with Gasteiger partial charge in [-0.15, -0.1) is 0 Å². The molecule has 2 aromatic rings. The fraction of sp³-hybridized carbons (Fsp3) is 0.211. The molecule has 0 unspecified atom stereocenters. The van der Waals surface area contributed by atoms with Crippen LogP contribution in [0.25, 0.3) is 0 Å². The molecule has 140 valence electrons. The molecule has 0 bridgehead atoms. The third kappa shape index (κ3) is 4.38. The summed E-state index contributed by atoms with van der Waals surface area (Å²) in [7, 11) is 0. The Morgan fingerprint density at radius 1 is 1.22 bits per heavy atom. The second-order valence-corrected chi connectivity index (χ2v) is 6.51. The Labute approximate surface area is 160 Å². The number of hydrogen-bond acceptors (Lipinski definition) is 3. The molecule has 3 rings (SSSR count). The summed E-state index contributed by atoms with van der Waals surface area (Å²) in [6.07, 6.45) is 0.164. The van der Waals surface area contributed by atoms with E-state index in [1.165, 1.54) is 23.1 Å². The summed E-state index contributed by atoms with van der Waals surface area (Å²) in [5.74, 6) is -1.67. The highest BCUT2D eigenvalue weighted by atomic mass is 35.5. The van der Waals surface area contributed by atoms with Crippen LogP contribution >= 0.6 is 11.6 Å². The van der Waals surface area contributed by atoms with Crippen molar-refractivity contribution in [1.29, 1.82) is 0 Å². The van der Waals surface area contributed by atoms with Crippen molar-refractivity contribution in [1.82, 2.24) is 10.6 Å². The molecular formula is C19H18ClN3O4. The second-order valence-electron chi connectivity index (χ2n) is 6.10. The molecular weight excluding hydrogens is 370 g/mol. The van der Waals surface area contributed by atoms with Crippen molar-refractivity contribution in [3.05, 3.63) is 64.7 Å². The lowest BCUT2D eigenvalue weighted by atomic mass is 10.1. The minimum absolute atomic E-state index is 0.164. The zero-order chi connectivity index (χ0) is 19.4. The van der Waals surface area contributed by atoms with Gasteiger partial charge < -0.3 is 15.7 Å². The number of urea groups is 1. The molecule has 1 aliphatic rings. The number of amides is 3. The van der Waals surface area contributed by atoms with Crippen LogP contribution in [0.2, 0.25) is 5.02 Å². The molecule has 0 radical (unpaired) electrons. The van der Waals surface area contributed by atoms with E-state index in [0.717, 1.165) is 5.56 Å². The largest absolute Gasteiger partial charge is 0.480 e. The van der Waals surface area contributed by atoms with Gasteiger partial charge in [0.25, 0.3) is 5.91 Å². The number of halogens is 1. The number of anilines is 1. The van der Waals surface area contributed by atoms with E-state index in [2.05, 4.69) is 10.6 Å². The Bertz CT molecular complexity index is 873. The van der Waals surface area contributed by atoms with Crippen LogP contribution in [-0.4, -0.2) is 42.1 Å². The molecule has 3 N–H and O–H groups in total. The molecule has 1 saturated heterocycles. The third-order valence-electron chi connectivity index (χ3n) is 4.24. The number of hydrogen-bond donors (Lipinski definition) is 3. The van der Waals surface area contributed by atoms with E-state index in [1.54, 1.807) is 12.1 Å². The number of rotatable bonds is 6. The van der Waals surface area contributed by atoms with E-state index in [9.17, 15) is 19.5 Å². The first-order chi connectivity index (χ1) is 13.0. The van der Waals surface area contributed by atoms with Crippen LogP contribution < -0.4 is 15.5 Å². The molecule has 1 fully saturated rings. The number of carboxylic acid groups (broad SMARTS) is 1. The van der Waals surface area contributed by atoms with Gasteiger partial charge in [0.15, 0.2) is 0 Å². The molecule has 7 nitrogen and oxygen atoms in total. The lowest BCUT2D eigenvalue weighted by Crippen LogP contribution is -2.42. The van der Waals surface area contributed by atoms with E-state index in [0.29, 0.717) is 23.8 Å². The molecule has 0 aromatic heterocycles. The van der Waals surface area contributed by atoms with Crippen LogP contribution in [0.3, 0.4) is 0 Å². The van der Waals surface area contributed by atoms with Crippen molar-refractivity contribution >= 4 is 35.2 Å². The summed E-state index contributed by atoms with van der Waals surface area (Å²) in [5.41, 5.74) is 1.44. The van der Waals surface area contributed by atoms with E-state index >= 15 is 0 Å². The van der Waals surface area contributed by atoms with Crippen molar-refractivity contribution in [3.63, 3.8) is 0 Å². The van der Waals surface area contributed by atoms with Crippen molar-refractivity contribution in [2.24, 2.45) is 0 Å². The summed E-state index contributed by atoms with van der Waals surface area (Å²) >= 11 is 6.16. The van der Waals surface area contributed by atoms with Crippen molar-refractivity contribution < 1.29 is 19.5 Å². The standard InChI is InChI=1S/C19H18ClN3O4/c20-14-7-6-13(11-16(14)23-9-8-21-19(23)27)17(24)22-15(18(25)26)10-12-4-2-1-3-5-12/h1-7,11,15H,8-10H2,(H,21,27)(H,22,24)(H,25,26)/t15-/m0/s1. The minimum Gasteiger partial charge on any atom is -0.480 e. The average molecular weight is 388 g/mol. The first-order valence-electron chi connectivity index (χ1n) is 8.38. The summed E-state index contributed by atoms with van der Waals surface area (Å²) in [5, 5.41) is 15.0. The molecule has 2 aromatic carbocycles. The molecule has 1 heterocycles. The van der Waals surface area contributed by atoms with Gasteiger partial charge in [0.05, 0.1) is 10.7 Å². The summed E-state index contributed by atoms with van der Waals surface area (Å²) < 4.78 is 0. The zero-order valence-electron chi connectivity index (χ0n) is 14.3. The van der Waals surface area contributed by atoms with Gasteiger partial charge in [0.1, 0.15) is 6.04 Å². The Hall–Kier alpha value is -3.06. The second kappa shape index (κ2) is 8.09. The number of nitrogens with zero attached hydrogens (tertiary/aromatic N) is 1. The van der Waals surface area contributed by atoms with E-state index in [4.69, 9.17) is 11.6 Å². The van der Waals surface area contributed by atoms with Crippen LogP contribution in [-0.2, 0) is 11.2 Å². The first-order valence-corrected chi connectivity index (χ1v) is 8.76. The van der Waals surface area contributed by atoms with Crippen LogP contribution in [0.1, 0.15) is 15.9 Å². The number of benzene rings is 2. The molecule has 0 aliphatic carbocycles. The van der Waals surface area contributed by atoms with Crippen LogP contribution in [0.4, 0.5) is 10.5 Å². The van der Waals surface area contributed by atoms with Gasteiger partial charge in [-0.25, -0.2) is 9.59 Å². The van der Waals surface area contributed by atoms with Crippen LogP contribution in [0, 0.1) is 0 Å². The Morgan fingerprint density at radius 2 is 1.96 bits per heavy atom. The molecule has 1 atom stereocenters. The maximum absolute atomic E-state index is 12.6. The summed E-state index contributed by atoms with van der Waals surface area (Å²) in [6, 6.07) is 12.2. The van der Waals surface area contributed by atoms with Crippen molar-refractivity contribution in [2.75, 3.05) is 18.0 Å². The average Bonchev–Trinajstić information content (AvgIpc) is 3.08. The van der Waals surface area contributed by atoms with Gasteiger partial charge in [-0.2, -0.15) is 0 Å². The van der Waals surface area contributed by atoms with E-state index < -0.39 is 17.9 Å². The van der Waals surface area contributed by atoms with Gasteiger partial charge in [-0.1, -0.05) is 41.9 Å². The smallest absolute Gasteiger partial charge is 0.326 e. The highest BCUT2D eigenvalue weighted by molar-refractivity contribution is 6.34. The number of carboxylic acids is 1. The topological polar surface area (TPSA) is 98.7 Å². The fourth-order valence-electron chi connectivity index (χ4n) is 2.85. The number of nitrogens with one attached hydrogen (secondary N) is 2. The van der Waals surface area contributed by atoms with Gasteiger partial charge in [0.2, 0.25) is 0 Å². The molecule has 0 saturated carbocycles. The number of carbonyl (C=O) groups excluding carboxylic acids is 2. The first kappa shape index (κ1) is 18.7. The third-order valence-corrected chi connectivity index (χ3v) is 4.56. The van der Waals surface area contributed by atoms with Crippen LogP contribution in [0.5, 0.6) is 0 Å². The van der Waals surface area contributed by atoms with Crippen LogP contribution in [0.15, 0.2) is 48.5 Å². The highest BCUT2D eigenvalue weighted by Gasteiger charge is 2.25. The Morgan fingerprint density at radius 3 is 2.59 bits per heavy atom. The maximum atomic E-state index is 12.6. The molecule has 27 heavy (non-hydrogen) atoms. The highest BCUT2D eigenvalue weighted by Crippen LogP contribution is 2.28. The van der Waals surface area contributed by atoms with E-state index in [1.807, 2.05) is 18.2 Å². The van der Waals surface area contributed by atoms with E-state index in [-0.39, 0.29) is 18.0 Å². The predicted octanol–water partition coefficient (Wildman–Crippen LogP) is 2.30. The van der Waals surface area contributed by atoms with Gasteiger partial charge >= 0.3 is 12.0 Å². The normalized spacial score (nSPS) is 14.6. The summed E-state index contributed by atoms with van der Waals surface area (Å²) in [6.45, 7) is 0.930. The van der Waals surface area contributed by atoms with Crippen molar-refractivity contribution in [3.8, 4) is 0 Å². The van der Waals surface area contributed by atoms with Gasteiger partial charge in [-0.3, -0.25) is 9.69 Å². The van der Waals surface area contributed by atoms with Crippen molar-refractivity contribution in [2.45, 2.75) is 12.5 Å². The monoisotopic (exact) mass is 387 g/mol. The minimum atomic E-state index is -1.12. The SMILES string of the molecule is O=C(N[C@@H](Cc1ccccc1)C(=O)O)c1ccc(Cl)c(N2CCNC2=O)c1. The Kier molecular flexibility index (Phi) is 5.61. The zero-order valence-corrected chi connectivity index (χ0v) is 15.1. The molecule has 8 heteroatoms. The van der Waals surface area contributed by atoms with Gasteiger partial charge in [-0.05, 0) is 23.8 Å². The number of aliphatic carboxylic acids is 1. The lowest BCUT2D eigenvalue weighted by Gasteiger charge is -2.18. The molecule has 1 aliphatic heterocycles. The Balaban J connectivity index is 1.78. The van der Waals surface area contributed by atoms with Gasteiger partial charge in [0, 0.05) is 25.1 Å². The maximum Gasteiger partial charge on any atom is 0.326 e. The lowest BCUT2D eigenvalue weighted by molar-refractivity contribution is -0.139. The summed E-state index contributed by atoms with van der Waals surface area (Å²) in [4.78, 5) is 37.4. The molecule has 0 spiro atoms. The predicted molar refractivity (Wildman–Crippen MR) is 101 cm³/mol. The number of carbonyl (C=O) groups is 3.